The lowest BCUT2D eigenvalue weighted by Gasteiger charge is -2.25. The fraction of sp³-hybridized carbons (Fsp3) is 0.133. The highest BCUT2D eigenvalue weighted by Crippen LogP contribution is 2.33. The van der Waals surface area contributed by atoms with Crippen molar-refractivity contribution in [3.63, 3.8) is 0 Å². The van der Waals surface area contributed by atoms with Crippen molar-refractivity contribution in [1.29, 1.82) is 5.26 Å². The molecule has 0 aromatic heterocycles. The van der Waals surface area contributed by atoms with Gasteiger partial charge in [0.25, 0.3) is 0 Å². The Balaban J connectivity index is 2.59. The third-order valence-corrected chi connectivity index (χ3v) is 3.51. The van der Waals surface area contributed by atoms with E-state index in [1.54, 1.807) is 29.2 Å². The quantitative estimate of drug-likeness (QED) is 0.825. The van der Waals surface area contributed by atoms with Gasteiger partial charge in [-0.05, 0) is 47.1 Å². The molecule has 0 bridgehead atoms. The first-order valence-electron chi connectivity index (χ1n) is 5.89. The van der Waals surface area contributed by atoms with Crippen molar-refractivity contribution >= 4 is 27.3 Å². The third kappa shape index (κ3) is 2.61. The van der Waals surface area contributed by atoms with Crippen LogP contribution in [-0.2, 0) is 0 Å². The summed E-state index contributed by atoms with van der Waals surface area (Å²) >= 11 is 3.35. The molecular weight excluding hydrogens is 307 g/mol. The van der Waals surface area contributed by atoms with Crippen LogP contribution in [0.3, 0.4) is 0 Å². The second kappa shape index (κ2) is 5.85. The van der Waals surface area contributed by atoms with Crippen molar-refractivity contribution in [3.05, 3.63) is 58.3 Å². The van der Waals surface area contributed by atoms with E-state index in [1.807, 2.05) is 19.1 Å². The Hall–Kier alpha value is -1.86. The normalized spacial score (nSPS) is 10.0. The third-order valence-electron chi connectivity index (χ3n) is 2.85. The summed E-state index contributed by atoms with van der Waals surface area (Å²) in [6, 6.07) is 14.2. The molecule has 0 saturated heterocycles. The lowest BCUT2D eigenvalue weighted by Crippen LogP contribution is -2.18. The summed E-state index contributed by atoms with van der Waals surface area (Å²) in [6.45, 7) is 2.50. The monoisotopic (exact) mass is 318 g/mol. The molecule has 0 N–H and O–H groups in total. The molecule has 0 atom stereocenters. The minimum Gasteiger partial charge on any atom is -0.338 e. The summed E-state index contributed by atoms with van der Waals surface area (Å²) in [5, 5.41) is 9.26. The number of benzene rings is 2. The molecule has 19 heavy (non-hydrogen) atoms. The van der Waals surface area contributed by atoms with Crippen LogP contribution in [0.2, 0.25) is 0 Å². The van der Waals surface area contributed by atoms with Gasteiger partial charge in [0.05, 0.1) is 16.9 Å². The number of nitriles is 1. The van der Waals surface area contributed by atoms with E-state index < -0.39 is 0 Å². The van der Waals surface area contributed by atoms with Gasteiger partial charge in [0.1, 0.15) is 11.9 Å². The topological polar surface area (TPSA) is 27.0 Å². The standard InChI is InChI=1S/C15H12BrFN2/c1-2-19(15-8-4-3-7-13(15)17)14-9-5-6-12(16)11(14)10-18/h3-9H,2H2,1H3. The molecule has 2 aromatic carbocycles. The molecule has 0 aliphatic carbocycles. The van der Waals surface area contributed by atoms with Crippen LogP contribution >= 0.6 is 15.9 Å². The van der Waals surface area contributed by atoms with Crippen LogP contribution in [-0.4, -0.2) is 6.54 Å². The molecule has 0 amide bonds. The zero-order valence-electron chi connectivity index (χ0n) is 10.4. The first-order valence-corrected chi connectivity index (χ1v) is 6.69. The molecule has 4 heteroatoms. The fourth-order valence-electron chi connectivity index (χ4n) is 1.99. The van der Waals surface area contributed by atoms with Crippen LogP contribution in [0, 0.1) is 17.1 Å². The molecule has 96 valence electrons. The van der Waals surface area contributed by atoms with E-state index in [0.29, 0.717) is 28.0 Å². The van der Waals surface area contributed by atoms with Gasteiger partial charge in [-0.25, -0.2) is 4.39 Å². The summed E-state index contributed by atoms with van der Waals surface area (Å²) < 4.78 is 14.6. The lowest BCUT2D eigenvalue weighted by molar-refractivity contribution is 0.625. The van der Waals surface area contributed by atoms with Gasteiger partial charge in [-0.3, -0.25) is 0 Å². The maximum Gasteiger partial charge on any atom is 0.146 e. The highest BCUT2D eigenvalue weighted by Gasteiger charge is 2.16. The zero-order valence-corrected chi connectivity index (χ0v) is 12.0. The van der Waals surface area contributed by atoms with Crippen molar-refractivity contribution in [3.8, 4) is 6.07 Å². The van der Waals surface area contributed by atoms with E-state index in [2.05, 4.69) is 22.0 Å². The predicted molar refractivity (Wildman–Crippen MR) is 77.9 cm³/mol. The summed E-state index contributed by atoms with van der Waals surface area (Å²) in [5.74, 6) is -0.298. The largest absolute Gasteiger partial charge is 0.338 e. The number of halogens is 2. The summed E-state index contributed by atoms with van der Waals surface area (Å²) in [4.78, 5) is 1.79. The first kappa shape index (κ1) is 13.6. The number of rotatable bonds is 3. The number of para-hydroxylation sites is 1. The Morgan fingerprint density at radius 3 is 2.47 bits per heavy atom. The van der Waals surface area contributed by atoms with Gasteiger partial charge in [-0.15, -0.1) is 0 Å². The van der Waals surface area contributed by atoms with Gasteiger partial charge in [-0.2, -0.15) is 5.26 Å². The molecule has 0 aliphatic heterocycles. The van der Waals surface area contributed by atoms with Gasteiger partial charge in [0, 0.05) is 11.0 Å². The van der Waals surface area contributed by atoms with Gasteiger partial charge >= 0.3 is 0 Å². The first-order chi connectivity index (χ1) is 9.19. The van der Waals surface area contributed by atoms with E-state index >= 15 is 0 Å². The Kier molecular flexibility index (Phi) is 4.18. The van der Waals surface area contributed by atoms with Crippen molar-refractivity contribution in [2.45, 2.75) is 6.92 Å². The number of hydrogen-bond donors (Lipinski definition) is 0. The van der Waals surface area contributed by atoms with E-state index in [1.165, 1.54) is 6.07 Å². The van der Waals surface area contributed by atoms with Gasteiger partial charge < -0.3 is 4.90 Å². The highest BCUT2D eigenvalue weighted by atomic mass is 79.9. The smallest absolute Gasteiger partial charge is 0.146 e. The zero-order chi connectivity index (χ0) is 13.8. The minimum absolute atomic E-state index is 0.298. The molecule has 0 heterocycles. The maximum absolute atomic E-state index is 13.9. The molecule has 2 nitrogen and oxygen atoms in total. The number of hydrogen-bond acceptors (Lipinski definition) is 2. The van der Waals surface area contributed by atoms with Crippen LogP contribution < -0.4 is 4.90 Å². The SMILES string of the molecule is CCN(c1ccccc1F)c1cccc(Br)c1C#N. The molecule has 2 aromatic rings. The van der Waals surface area contributed by atoms with Gasteiger partial charge in [0.2, 0.25) is 0 Å². The van der Waals surface area contributed by atoms with E-state index in [-0.39, 0.29) is 5.82 Å². The Morgan fingerprint density at radius 2 is 1.84 bits per heavy atom. The van der Waals surface area contributed by atoms with Gasteiger partial charge in [0.15, 0.2) is 0 Å². The van der Waals surface area contributed by atoms with Crippen molar-refractivity contribution in [2.75, 3.05) is 11.4 Å². The van der Waals surface area contributed by atoms with Gasteiger partial charge in [-0.1, -0.05) is 18.2 Å². The average molecular weight is 319 g/mol. The van der Waals surface area contributed by atoms with Crippen LogP contribution in [0.4, 0.5) is 15.8 Å². The van der Waals surface area contributed by atoms with Crippen molar-refractivity contribution < 1.29 is 4.39 Å². The number of nitrogens with zero attached hydrogens (tertiary/aromatic N) is 2. The molecular formula is C15H12BrFN2. The maximum atomic E-state index is 13.9. The molecule has 0 radical (unpaired) electrons. The summed E-state index contributed by atoms with van der Waals surface area (Å²) in [7, 11) is 0. The van der Waals surface area contributed by atoms with Crippen molar-refractivity contribution in [1.82, 2.24) is 0 Å². The minimum atomic E-state index is -0.298. The molecule has 2 rings (SSSR count). The molecule has 0 unspecified atom stereocenters. The second-order valence-electron chi connectivity index (χ2n) is 3.94. The molecule has 0 spiro atoms. The van der Waals surface area contributed by atoms with E-state index in [9.17, 15) is 9.65 Å². The second-order valence-corrected chi connectivity index (χ2v) is 4.80. The highest BCUT2D eigenvalue weighted by molar-refractivity contribution is 9.10. The Bertz CT molecular complexity index is 634. The van der Waals surface area contributed by atoms with Crippen LogP contribution in [0.15, 0.2) is 46.9 Å². The molecule has 0 fully saturated rings. The summed E-state index contributed by atoms with van der Waals surface area (Å²) in [5.41, 5.74) is 1.68. The van der Waals surface area contributed by atoms with Crippen LogP contribution in [0.1, 0.15) is 12.5 Å². The summed E-state index contributed by atoms with van der Waals surface area (Å²) in [6.07, 6.45) is 0. The number of anilines is 2. The molecule has 0 aliphatic rings. The Morgan fingerprint density at radius 1 is 1.16 bits per heavy atom. The predicted octanol–water partition coefficient (Wildman–Crippen LogP) is 4.62. The molecule has 0 saturated carbocycles. The van der Waals surface area contributed by atoms with E-state index in [0.717, 1.165) is 0 Å². The fourth-order valence-corrected chi connectivity index (χ4v) is 2.43. The average Bonchev–Trinajstić information content (AvgIpc) is 2.42. The lowest BCUT2D eigenvalue weighted by atomic mass is 10.1. The van der Waals surface area contributed by atoms with Crippen LogP contribution in [0.5, 0.6) is 0 Å². The van der Waals surface area contributed by atoms with E-state index in [4.69, 9.17) is 0 Å². The van der Waals surface area contributed by atoms with Crippen LogP contribution in [0.25, 0.3) is 0 Å². The van der Waals surface area contributed by atoms with Crippen molar-refractivity contribution in [2.24, 2.45) is 0 Å². The Labute approximate surface area is 120 Å².